The fourth-order valence-electron chi connectivity index (χ4n) is 1.65. The van der Waals surface area contributed by atoms with Crippen molar-refractivity contribution in [2.45, 2.75) is 33.2 Å². The topological polar surface area (TPSA) is 43.6 Å². The molecule has 0 amide bonds. The molecule has 2 rings (SSSR count). The SMILES string of the molecule is CCCc1nc(-c2cnn(CC)c2)nc(Cl)c1I. The zero-order chi connectivity index (χ0) is 13.1. The largest absolute Gasteiger partial charge is 0.272 e. The molecule has 0 aliphatic heterocycles. The Morgan fingerprint density at radius 3 is 2.72 bits per heavy atom. The van der Waals surface area contributed by atoms with E-state index in [1.165, 1.54) is 0 Å². The van der Waals surface area contributed by atoms with Crippen LogP contribution < -0.4 is 0 Å². The van der Waals surface area contributed by atoms with Crippen LogP contribution in [-0.2, 0) is 13.0 Å². The van der Waals surface area contributed by atoms with Crippen molar-refractivity contribution in [1.29, 1.82) is 0 Å². The van der Waals surface area contributed by atoms with Gasteiger partial charge in [-0.25, -0.2) is 9.97 Å². The third-order valence-corrected chi connectivity index (χ3v) is 4.31. The van der Waals surface area contributed by atoms with Gasteiger partial charge in [-0.2, -0.15) is 5.10 Å². The third-order valence-electron chi connectivity index (χ3n) is 2.58. The average molecular weight is 377 g/mol. The van der Waals surface area contributed by atoms with E-state index in [0.29, 0.717) is 11.0 Å². The monoisotopic (exact) mass is 376 g/mol. The molecule has 96 valence electrons. The van der Waals surface area contributed by atoms with E-state index in [-0.39, 0.29) is 0 Å². The van der Waals surface area contributed by atoms with Gasteiger partial charge < -0.3 is 0 Å². The molecular weight excluding hydrogens is 363 g/mol. The van der Waals surface area contributed by atoms with Gasteiger partial charge in [-0.15, -0.1) is 0 Å². The zero-order valence-electron chi connectivity index (χ0n) is 10.3. The van der Waals surface area contributed by atoms with Gasteiger partial charge in [-0.3, -0.25) is 4.68 Å². The highest BCUT2D eigenvalue weighted by Crippen LogP contribution is 2.24. The van der Waals surface area contributed by atoms with Crippen LogP contribution in [0.3, 0.4) is 0 Å². The molecule has 0 aromatic carbocycles. The molecule has 2 aromatic rings. The van der Waals surface area contributed by atoms with Crippen molar-refractivity contribution >= 4 is 34.2 Å². The average Bonchev–Trinajstić information content (AvgIpc) is 2.83. The highest BCUT2D eigenvalue weighted by Gasteiger charge is 2.12. The number of aryl methyl sites for hydroxylation is 2. The minimum absolute atomic E-state index is 0.522. The van der Waals surface area contributed by atoms with Crippen LogP contribution in [0.25, 0.3) is 11.4 Å². The molecule has 0 saturated heterocycles. The first kappa shape index (κ1) is 13.7. The third kappa shape index (κ3) is 2.83. The van der Waals surface area contributed by atoms with E-state index in [9.17, 15) is 0 Å². The number of nitrogens with zero attached hydrogens (tertiary/aromatic N) is 4. The van der Waals surface area contributed by atoms with Gasteiger partial charge in [0.2, 0.25) is 0 Å². The maximum absolute atomic E-state index is 6.16. The van der Waals surface area contributed by atoms with E-state index in [1.54, 1.807) is 6.20 Å². The Balaban J connectivity index is 2.44. The van der Waals surface area contributed by atoms with Crippen molar-refractivity contribution in [3.63, 3.8) is 0 Å². The molecular formula is C12H14ClIN4. The Labute approximate surface area is 125 Å². The lowest BCUT2D eigenvalue weighted by Crippen LogP contribution is -2.00. The van der Waals surface area contributed by atoms with Crippen LogP contribution in [0, 0.1) is 3.57 Å². The Kier molecular flexibility index (Phi) is 4.55. The molecule has 6 heteroatoms. The van der Waals surface area contributed by atoms with Gasteiger partial charge in [0.1, 0.15) is 5.15 Å². The predicted octanol–water partition coefficient (Wildman–Crippen LogP) is 3.57. The fourth-order valence-corrected chi connectivity index (χ4v) is 2.35. The Morgan fingerprint density at radius 2 is 2.11 bits per heavy atom. The van der Waals surface area contributed by atoms with Crippen LogP contribution in [0.5, 0.6) is 0 Å². The Morgan fingerprint density at radius 1 is 1.33 bits per heavy atom. The number of halogens is 2. The van der Waals surface area contributed by atoms with E-state index in [0.717, 1.165) is 34.2 Å². The van der Waals surface area contributed by atoms with Crippen molar-refractivity contribution in [3.05, 3.63) is 26.8 Å². The number of rotatable bonds is 4. The van der Waals surface area contributed by atoms with Gasteiger partial charge in [0.05, 0.1) is 21.0 Å². The minimum Gasteiger partial charge on any atom is -0.272 e. The molecule has 0 aliphatic carbocycles. The maximum Gasteiger partial charge on any atom is 0.164 e. The van der Waals surface area contributed by atoms with Gasteiger partial charge >= 0.3 is 0 Å². The smallest absolute Gasteiger partial charge is 0.164 e. The Hall–Kier alpha value is -0.690. The summed E-state index contributed by atoms with van der Waals surface area (Å²) in [5.41, 5.74) is 1.92. The van der Waals surface area contributed by atoms with Crippen LogP contribution >= 0.6 is 34.2 Å². The molecule has 2 heterocycles. The summed E-state index contributed by atoms with van der Waals surface area (Å²) in [5, 5.41) is 4.75. The van der Waals surface area contributed by atoms with E-state index in [1.807, 2.05) is 17.8 Å². The first-order valence-electron chi connectivity index (χ1n) is 5.90. The lowest BCUT2D eigenvalue weighted by Gasteiger charge is -2.06. The minimum atomic E-state index is 0.522. The van der Waals surface area contributed by atoms with Gasteiger partial charge in [0, 0.05) is 12.7 Å². The van der Waals surface area contributed by atoms with E-state index in [2.05, 4.69) is 44.6 Å². The molecule has 0 radical (unpaired) electrons. The molecule has 0 fully saturated rings. The first-order chi connectivity index (χ1) is 8.65. The lowest BCUT2D eigenvalue weighted by molar-refractivity contribution is 0.660. The molecule has 0 unspecified atom stereocenters. The van der Waals surface area contributed by atoms with Crippen molar-refractivity contribution in [2.75, 3.05) is 0 Å². The standard InChI is InChI=1S/C12H14ClIN4/c1-3-5-9-10(14)11(13)17-12(16-9)8-6-15-18(4-2)7-8/h6-7H,3-5H2,1-2H3. The molecule has 18 heavy (non-hydrogen) atoms. The van der Waals surface area contributed by atoms with E-state index in [4.69, 9.17) is 11.6 Å². The summed E-state index contributed by atoms with van der Waals surface area (Å²) < 4.78 is 2.80. The van der Waals surface area contributed by atoms with Gasteiger partial charge in [0.25, 0.3) is 0 Å². The van der Waals surface area contributed by atoms with Gasteiger partial charge in [-0.05, 0) is 35.9 Å². The summed E-state index contributed by atoms with van der Waals surface area (Å²) in [5.74, 6) is 0.656. The summed E-state index contributed by atoms with van der Waals surface area (Å²) >= 11 is 8.36. The molecule has 0 N–H and O–H groups in total. The second-order valence-corrected chi connectivity index (χ2v) is 5.37. The van der Waals surface area contributed by atoms with Crippen LogP contribution in [0.1, 0.15) is 26.0 Å². The van der Waals surface area contributed by atoms with Gasteiger partial charge in [0.15, 0.2) is 5.82 Å². The van der Waals surface area contributed by atoms with E-state index >= 15 is 0 Å². The van der Waals surface area contributed by atoms with Crippen molar-refractivity contribution in [1.82, 2.24) is 19.7 Å². The van der Waals surface area contributed by atoms with Crippen LogP contribution in [-0.4, -0.2) is 19.7 Å². The zero-order valence-corrected chi connectivity index (χ0v) is 13.2. The molecule has 0 spiro atoms. The molecule has 0 bridgehead atoms. The number of hydrogen-bond donors (Lipinski definition) is 0. The van der Waals surface area contributed by atoms with E-state index < -0.39 is 0 Å². The van der Waals surface area contributed by atoms with Crippen molar-refractivity contribution in [3.8, 4) is 11.4 Å². The van der Waals surface area contributed by atoms with Crippen LogP contribution in [0.4, 0.5) is 0 Å². The summed E-state index contributed by atoms with van der Waals surface area (Å²) in [6, 6.07) is 0. The Bertz CT molecular complexity index is 553. The highest BCUT2D eigenvalue weighted by molar-refractivity contribution is 14.1. The predicted molar refractivity (Wildman–Crippen MR) is 80.6 cm³/mol. The summed E-state index contributed by atoms with van der Waals surface area (Å²) in [4.78, 5) is 8.91. The van der Waals surface area contributed by atoms with Gasteiger partial charge in [-0.1, -0.05) is 24.9 Å². The second-order valence-electron chi connectivity index (χ2n) is 3.93. The maximum atomic E-state index is 6.16. The van der Waals surface area contributed by atoms with Crippen LogP contribution in [0.15, 0.2) is 12.4 Å². The highest BCUT2D eigenvalue weighted by atomic mass is 127. The normalized spacial score (nSPS) is 10.9. The van der Waals surface area contributed by atoms with Crippen molar-refractivity contribution in [2.24, 2.45) is 0 Å². The lowest BCUT2D eigenvalue weighted by atomic mass is 10.2. The molecule has 2 aromatic heterocycles. The quantitative estimate of drug-likeness (QED) is 0.605. The second kappa shape index (κ2) is 5.97. The first-order valence-corrected chi connectivity index (χ1v) is 7.36. The molecule has 0 atom stereocenters. The summed E-state index contributed by atoms with van der Waals surface area (Å²) in [6.45, 7) is 5.00. The molecule has 0 aliphatic rings. The number of aromatic nitrogens is 4. The number of hydrogen-bond acceptors (Lipinski definition) is 3. The fraction of sp³-hybridized carbons (Fsp3) is 0.417. The molecule has 0 saturated carbocycles. The van der Waals surface area contributed by atoms with Crippen LogP contribution in [0.2, 0.25) is 5.15 Å². The summed E-state index contributed by atoms with van der Waals surface area (Å²) in [7, 11) is 0. The summed E-state index contributed by atoms with van der Waals surface area (Å²) in [6.07, 6.45) is 5.67. The van der Waals surface area contributed by atoms with Crippen molar-refractivity contribution < 1.29 is 0 Å². The molecule has 4 nitrogen and oxygen atoms in total.